The number of rotatable bonds is 6. The number of hydrazine groups is 2. The van der Waals surface area contributed by atoms with Gasteiger partial charge in [0, 0.05) is 35.9 Å². The fraction of sp³-hybridized carbons (Fsp3) is 0.231. The zero-order valence-electron chi connectivity index (χ0n) is 21.5. The molecule has 0 unspecified atom stereocenters. The molecule has 0 saturated heterocycles. The van der Waals surface area contributed by atoms with Crippen molar-refractivity contribution in [2.75, 3.05) is 0 Å². The molecule has 0 radical (unpaired) electrons. The summed E-state index contributed by atoms with van der Waals surface area (Å²) in [5, 5.41) is 5.64. The first kappa shape index (κ1) is 27.6. The van der Waals surface area contributed by atoms with E-state index in [0.717, 1.165) is 11.1 Å². The zero-order chi connectivity index (χ0) is 27.8. The van der Waals surface area contributed by atoms with E-state index in [-0.39, 0.29) is 0 Å². The van der Waals surface area contributed by atoms with Crippen LogP contribution in [0.5, 0.6) is 0 Å². The third-order valence-corrected chi connectivity index (χ3v) is 5.62. The minimum Gasteiger partial charge on any atom is -0.328 e. The summed E-state index contributed by atoms with van der Waals surface area (Å²) in [5.74, 6) is -0.962. The number of carbonyl (C=O) groups is 4. The monoisotopic (exact) mass is 518 g/mol. The number of nitrogens with zero attached hydrogens (tertiary/aromatic N) is 2. The molecule has 3 aromatic rings. The van der Waals surface area contributed by atoms with Crippen LogP contribution in [0.1, 0.15) is 59.5 Å². The van der Waals surface area contributed by atoms with E-state index < -0.39 is 35.0 Å². The number of hydrogen-bond acceptors (Lipinski definition) is 6. The molecular weight excluding hydrogens is 488 g/mol. The van der Waals surface area contributed by atoms with E-state index in [1.165, 1.54) is 49.1 Å². The van der Waals surface area contributed by atoms with Crippen molar-refractivity contribution < 1.29 is 19.2 Å². The van der Waals surface area contributed by atoms with E-state index in [2.05, 4.69) is 42.3 Å². The molecule has 198 valence electrons. The van der Waals surface area contributed by atoms with Gasteiger partial charge in [-0.15, -0.1) is 0 Å². The Labute approximate surface area is 220 Å². The first-order chi connectivity index (χ1) is 18.0. The molecule has 3 rings (SSSR count). The summed E-state index contributed by atoms with van der Waals surface area (Å²) in [4.78, 5) is 56.9. The predicted octanol–water partition coefficient (Wildman–Crippen LogP) is 2.24. The average molecular weight is 519 g/mol. The molecule has 6 amide bonds. The molecule has 1 aromatic carbocycles. The Morgan fingerprint density at radius 2 is 0.947 bits per heavy atom. The summed E-state index contributed by atoms with van der Waals surface area (Å²) in [5.41, 5.74) is 9.91. The summed E-state index contributed by atoms with van der Waals surface area (Å²) in [6, 6.07) is 12.2. The number of pyridine rings is 2. The summed E-state index contributed by atoms with van der Waals surface area (Å²) in [6.07, 6.45) is 5.90. The highest BCUT2D eigenvalue weighted by atomic mass is 16.2. The van der Waals surface area contributed by atoms with Crippen molar-refractivity contribution in [2.24, 2.45) is 0 Å². The molecule has 12 nitrogen and oxygen atoms in total. The fourth-order valence-electron chi connectivity index (χ4n) is 3.45. The summed E-state index contributed by atoms with van der Waals surface area (Å²) < 4.78 is 0. The van der Waals surface area contributed by atoms with E-state index in [0.29, 0.717) is 11.1 Å². The van der Waals surface area contributed by atoms with Crippen LogP contribution in [0.2, 0.25) is 0 Å². The van der Waals surface area contributed by atoms with Gasteiger partial charge in [-0.25, -0.2) is 20.4 Å². The van der Waals surface area contributed by atoms with E-state index in [9.17, 15) is 19.2 Å². The van der Waals surface area contributed by atoms with Crippen molar-refractivity contribution in [3.63, 3.8) is 0 Å². The Morgan fingerprint density at radius 1 is 0.579 bits per heavy atom. The smallest absolute Gasteiger partial charge is 0.328 e. The first-order valence-corrected chi connectivity index (χ1v) is 11.7. The quantitative estimate of drug-likeness (QED) is 0.274. The predicted molar refractivity (Wildman–Crippen MR) is 139 cm³/mol. The molecule has 6 N–H and O–H groups in total. The summed E-state index contributed by atoms with van der Waals surface area (Å²) >= 11 is 0. The lowest BCUT2D eigenvalue weighted by molar-refractivity contribution is 0.0928. The minimum absolute atomic E-state index is 0.350. The maximum Gasteiger partial charge on any atom is 0.334 e. The van der Waals surface area contributed by atoms with Gasteiger partial charge in [-0.2, -0.15) is 0 Å². The molecule has 0 spiro atoms. The van der Waals surface area contributed by atoms with Gasteiger partial charge in [0.1, 0.15) is 0 Å². The second-order valence-corrected chi connectivity index (χ2v) is 9.37. The lowest BCUT2D eigenvalue weighted by Gasteiger charge is -2.31. The minimum atomic E-state index is -0.835. The number of nitrogens with one attached hydrogen (secondary N) is 6. The van der Waals surface area contributed by atoms with Crippen molar-refractivity contribution in [3.8, 4) is 0 Å². The summed E-state index contributed by atoms with van der Waals surface area (Å²) in [6.45, 7) is 7.21. The third-order valence-electron chi connectivity index (χ3n) is 5.62. The molecule has 0 bridgehead atoms. The number of benzene rings is 1. The lowest BCUT2D eigenvalue weighted by atomic mass is 9.87. The highest BCUT2D eigenvalue weighted by molar-refractivity contribution is 5.95. The second-order valence-electron chi connectivity index (χ2n) is 9.37. The highest BCUT2D eigenvalue weighted by Gasteiger charge is 2.28. The van der Waals surface area contributed by atoms with Crippen LogP contribution < -0.4 is 32.3 Å². The van der Waals surface area contributed by atoms with E-state index in [1.807, 2.05) is 24.3 Å². The van der Waals surface area contributed by atoms with E-state index in [4.69, 9.17) is 0 Å². The molecule has 0 fully saturated rings. The van der Waals surface area contributed by atoms with Crippen LogP contribution in [0, 0.1) is 0 Å². The second kappa shape index (κ2) is 11.8. The van der Waals surface area contributed by atoms with Crippen LogP contribution in [0.4, 0.5) is 9.59 Å². The molecule has 12 heteroatoms. The summed E-state index contributed by atoms with van der Waals surface area (Å²) in [7, 11) is 0. The number of amides is 6. The Morgan fingerprint density at radius 3 is 1.32 bits per heavy atom. The number of hydrogen-bond donors (Lipinski definition) is 6. The Balaban J connectivity index is 1.58. The third kappa shape index (κ3) is 7.50. The van der Waals surface area contributed by atoms with Crippen LogP contribution in [-0.4, -0.2) is 33.8 Å². The van der Waals surface area contributed by atoms with Gasteiger partial charge in [-0.05, 0) is 63.1 Å². The van der Waals surface area contributed by atoms with Crippen molar-refractivity contribution in [1.82, 2.24) is 42.3 Å². The van der Waals surface area contributed by atoms with Gasteiger partial charge in [0.15, 0.2) is 0 Å². The Bertz CT molecular complexity index is 1200. The Kier molecular flexibility index (Phi) is 8.58. The van der Waals surface area contributed by atoms with Crippen molar-refractivity contribution in [2.45, 2.75) is 38.8 Å². The van der Waals surface area contributed by atoms with Gasteiger partial charge in [0.2, 0.25) is 0 Å². The first-order valence-electron chi connectivity index (χ1n) is 11.7. The topological polar surface area (TPSA) is 166 Å². The Hall–Kier alpha value is -5.00. The van der Waals surface area contributed by atoms with Crippen molar-refractivity contribution >= 4 is 23.9 Å². The molecule has 2 aromatic heterocycles. The molecule has 0 saturated carbocycles. The molecule has 0 aliphatic carbocycles. The van der Waals surface area contributed by atoms with Gasteiger partial charge in [-0.1, -0.05) is 24.3 Å². The largest absolute Gasteiger partial charge is 0.334 e. The molecule has 2 heterocycles. The molecular formula is C26H30N8O4. The molecule has 0 aliphatic heterocycles. The van der Waals surface area contributed by atoms with E-state index in [1.54, 1.807) is 27.7 Å². The zero-order valence-corrected chi connectivity index (χ0v) is 21.5. The number of aromatic nitrogens is 2. The molecule has 0 atom stereocenters. The van der Waals surface area contributed by atoms with Gasteiger partial charge in [0.25, 0.3) is 11.8 Å². The van der Waals surface area contributed by atoms with Crippen molar-refractivity contribution in [1.29, 1.82) is 0 Å². The van der Waals surface area contributed by atoms with Gasteiger partial charge >= 0.3 is 12.1 Å². The van der Waals surface area contributed by atoms with E-state index >= 15 is 0 Å². The fourth-order valence-corrected chi connectivity index (χ4v) is 3.45. The van der Waals surface area contributed by atoms with Crippen LogP contribution in [0.25, 0.3) is 0 Å². The van der Waals surface area contributed by atoms with Crippen molar-refractivity contribution in [3.05, 3.63) is 95.6 Å². The molecule has 0 aliphatic rings. The van der Waals surface area contributed by atoms with Crippen LogP contribution in [-0.2, 0) is 11.1 Å². The maximum atomic E-state index is 12.5. The van der Waals surface area contributed by atoms with Gasteiger partial charge < -0.3 is 10.6 Å². The number of urea groups is 2. The average Bonchev–Trinajstić information content (AvgIpc) is 2.91. The molecule has 38 heavy (non-hydrogen) atoms. The standard InChI is InChI=1S/C26H30N8O4/c1-25(2,29-23(37)33-31-21(35)17-8-12-27-13-9-17)19-6-5-7-20(16-19)26(3,4)30-24(38)34-32-22(36)18-10-14-28-15-11-18/h5-16H,1-4H3,(H,31,35)(H,32,36)(H2,29,33,37)(H2,30,34,38). The lowest BCUT2D eigenvalue weighted by Crippen LogP contribution is -2.53. The van der Waals surface area contributed by atoms with Gasteiger partial charge in [-0.3, -0.25) is 30.4 Å². The van der Waals surface area contributed by atoms with Crippen LogP contribution in [0.3, 0.4) is 0 Å². The van der Waals surface area contributed by atoms with Crippen LogP contribution >= 0.6 is 0 Å². The highest BCUT2D eigenvalue weighted by Crippen LogP contribution is 2.26. The SMILES string of the molecule is CC(C)(NC(=O)NNC(=O)c1ccncc1)c1cccc(C(C)(C)NC(=O)NNC(=O)c2ccncc2)c1. The van der Waals surface area contributed by atoms with Crippen LogP contribution in [0.15, 0.2) is 73.3 Å². The number of carbonyl (C=O) groups excluding carboxylic acids is 4. The maximum absolute atomic E-state index is 12.5. The normalized spacial score (nSPS) is 11.1. The van der Waals surface area contributed by atoms with Gasteiger partial charge in [0.05, 0.1) is 11.1 Å².